The lowest BCUT2D eigenvalue weighted by Gasteiger charge is -2.40. The number of likely N-dealkylation sites (N-methyl/N-ethyl adjacent to an activating group) is 1. The maximum Gasteiger partial charge on any atom is 0.240 e. The number of rotatable bonds is 3. The Morgan fingerprint density at radius 1 is 0.933 bits per heavy atom. The van der Waals surface area contributed by atoms with Crippen molar-refractivity contribution in [3.8, 4) is 0 Å². The number of amides is 2. The molecule has 30 heavy (non-hydrogen) atoms. The molecule has 0 aromatic heterocycles. The summed E-state index contributed by atoms with van der Waals surface area (Å²) in [5, 5.41) is 0. The van der Waals surface area contributed by atoms with Gasteiger partial charge in [0, 0.05) is 32.7 Å². The van der Waals surface area contributed by atoms with E-state index >= 15 is 0 Å². The fraction of sp³-hybridized carbons (Fsp3) is 0.667. The predicted molar refractivity (Wildman–Crippen MR) is 114 cm³/mol. The molecular formula is C24H33N3O3. The van der Waals surface area contributed by atoms with Crippen LogP contribution in [0, 0.1) is 5.41 Å². The van der Waals surface area contributed by atoms with E-state index in [4.69, 9.17) is 4.74 Å². The minimum atomic E-state index is -0.271. The molecule has 1 atom stereocenters. The maximum absolute atomic E-state index is 13.4. The molecule has 1 aliphatic carbocycles. The van der Waals surface area contributed by atoms with E-state index < -0.39 is 0 Å². The van der Waals surface area contributed by atoms with Crippen molar-refractivity contribution in [1.29, 1.82) is 0 Å². The lowest BCUT2D eigenvalue weighted by Crippen LogP contribution is -2.49. The molecule has 3 aliphatic heterocycles. The first-order valence-corrected chi connectivity index (χ1v) is 11.4. The highest BCUT2D eigenvalue weighted by Gasteiger charge is 2.55. The zero-order chi connectivity index (χ0) is 20.8. The van der Waals surface area contributed by atoms with Gasteiger partial charge >= 0.3 is 0 Å². The molecule has 3 heterocycles. The molecule has 1 saturated carbocycles. The van der Waals surface area contributed by atoms with Crippen molar-refractivity contribution in [3.63, 3.8) is 0 Å². The van der Waals surface area contributed by atoms with Crippen LogP contribution in [-0.2, 0) is 19.7 Å². The predicted octanol–water partition coefficient (Wildman–Crippen LogP) is 1.89. The van der Waals surface area contributed by atoms with Gasteiger partial charge < -0.3 is 14.5 Å². The van der Waals surface area contributed by atoms with Gasteiger partial charge in [0.25, 0.3) is 0 Å². The fourth-order valence-corrected chi connectivity index (χ4v) is 5.90. The van der Waals surface area contributed by atoms with Crippen LogP contribution < -0.4 is 0 Å². The van der Waals surface area contributed by atoms with Crippen molar-refractivity contribution >= 4 is 11.8 Å². The van der Waals surface area contributed by atoms with Crippen LogP contribution >= 0.6 is 0 Å². The maximum atomic E-state index is 13.4. The molecule has 6 nitrogen and oxygen atoms in total. The third-order valence-corrected chi connectivity index (χ3v) is 7.95. The van der Waals surface area contributed by atoms with Gasteiger partial charge in [-0.1, -0.05) is 30.3 Å². The monoisotopic (exact) mass is 411 g/mol. The molecule has 6 heteroatoms. The molecule has 0 N–H and O–H groups in total. The Morgan fingerprint density at radius 3 is 2.23 bits per heavy atom. The summed E-state index contributed by atoms with van der Waals surface area (Å²) in [7, 11) is 2.09. The van der Waals surface area contributed by atoms with Crippen molar-refractivity contribution in [3.05, 3.63) is 35.9 Å². The van der Waals surface area contributed by atoms with Crippen LogP contribution in [0.1, 0.15) is 37.7 Å². The van der Waals surface area contributed by atoms with Crippen molar-refractivity contribution in [2.24, 2.45) is 5.41 Å². The van der Waals surface area contributed by atoms with Gasteiger partial charge in [-0.3, -0.25) is 14.5 Å². The number of ether oxygens (including phenoxy) is 1. The van der Waals surface area contributed by atoms with Crippen LogP contribution in [0.4, 0.5) is 0 Å². The van der Waals surface area contributed by atoms with Gasteiger partial charge in [-0.25, -0.2) is 0 Å². The minimum Gasteiger partial charge on any atom is -0.378 e. The molecule has 1 spiro atoms. The average Bonchev–Trinajstić information content (AvgIpc) is 3.54. The van der Waals surface area contributed by atoms with E-state index in [1.165, 1.54) is 5.56 Å². The van der Waals surface area contributed by atoms with Crippen LogP contribution in [0.15, 0.2) is 30.3 Å². The Balaban J connectivity index is 1.22. The van der Waals surface area contributed by atoms with Crippen LogP contribution in [0.25, 0.3) is 0 Å². The molecule has 4 aliphatic rings. The Kier molecular flexibility index (Phi) is 5.10. The number of carbonyl (C=O) groups excluding carboxylic acids is 2. The topological polar surface area (TPSA) is 53.1 Å². The molecule has 0 bridgehead atoms. The Morgan fingerprint density at radius 2 is 1.60 bits per heavy atom. The lowest BCUT2D eigenvalue weighted by atomic mass is 9.76. The van der Waals surface area contributed by atoms with Crippen LogP contribution in [-0.4, -0.2) is 85.5 Å². The van der Waals surface area contributed by atoms with E-state index in [1.54, 1.807) is 0 Å². The molecule has 2 amide bonds. The Labute approximate surface area is 179 Å². The first-order valence-electron chi connectivity index (χ1n) is 11.4. The number of morpholine rings is 1. The second-order valence-electron chi connectivity index (χ2n) is 9.81. The van der Waals surface area contributed by atoms with Crippen LogP contribution in [0.5, 0.6) is 0 Å². The van der Waals surface area contributed by atoms with E-state index in [0.717, 1.165) is 51.7 Å². The summed E-state index contributed by atoms with van der Waals surface area (Å²) in [6.07, 6.45) is 4.86. The van der Waals surface area contributed by atoms with Crippen molar-refractivity contribution in [2.75, 3.05) is 53.0 Å². The summed E-state index contributed by atoms with van der Waals surface area (Å²) in [6.45, 7) is 5.31. The fourth-order valence-electron chi connectivity index (χ4n) is 5.90. The largest absolute Gasteiger partial charge is 0.378 e. The van der Waals surface area contributed by atoms with Crippen LogP contribution in [0.3, 0.4) is 0 Å². The standard InChI is InChI=1S/C24H33N3O3/c1-25-18-23(17-20(25)21(28)26-13-15-30-16-14-26)9-11-27(12-10-23)22(29)24(7-8-24)19-5-3-2-4-6-19/h2-6,20H,7-18H2,1H3. The molecule has 1 aromatic carbocycles. The summed E-state index contributed by atoms with van der Waals surface area (Å²) in [5.41, 5.74) is 1.07. The molecule has 0 radical (unpaired) electrons. The van der Waals surface area contributed by atoms with Gasteiger partial charge in [0.15, 0.2) is 0 Å². The highest BCUT2D eigenvalue weighted by molar-refractivity contribution is 5.91. The van der Waals surface area contributed by atoms with Crippen molar-refractivity contribution in [2.45, 2.75) is 43.6 Å². The molecular weight excluding hydrogens is 378 g/mol. The first kappa shape index (κ1) is 20.0. The minimum absolute atomic E-state index is 0.0237. The quantitative estimate of drug-likeness (QED) is 0.762. The Bertz CT molecular complexity index is 793. The second-order valence-corrected chi connectivity index (χ2v) is 9.81. The van der Waals surface area contributed by atoms with E-state index in [9.17, 15) is 9.59 Å². The van der Waals surface area contributed by atoms with Crippen molar-refractivity contribution in [1.82, 2.24) is 14.7 Å². The van der Waals surface area contributed by atoms with E-state index in [2.05, 4.69) is 29.0 Å². The molecule has 162 valence electrons. The zero-order valence-electron chi connectivity index (χ0n) is 18.0. The summed E-state index contributed by atoms with van der Waals surface area (Å²) in [6, 6.07) is 10.3. The van der Waals surface area contributed by atoms with E-state index in [-0.39, 0.29) is 22.8 Å². The van der Waals surface area contributed by atoms with Gasteiger partial charge in [-0.2, -0.15) is 0 Å². The number of carbonyl (C=O) groups is 2. The number of piperidine rings is 1. The smallest absolute Gasteiger partial charge is 0.240 e. The number of hydrogen-bond acceptors (Lipinski definition) is 4. The second kappa shape index (κ2) is 7.65. The average molecular weight is 412 g/mol. The van der Waals surface area contributed by atoms with Crippen molar-refractivity contribution < 1.29 is 14.3 Å². The number of nitrogens with zero attached hydrogens (tertiary/aromatic N) is 3. The first-order chi connectivity index (χ1) is 14.5. The Hall–Kier alpha value is -1.92. The highest BCUT2D eigenvalue weighted by atomic mass is 16.5. The summed E-state index contributed by atoms with van der Waals surface area (Å²) < 4.78 is 5.40. The van der Waals surface area contributed by atoms with Gasteiger partial charge in [0.2, 0.25) is 11.8 Å². The molecule has 5 rings (SSSR count). The summed E-state index contributed by atoms with van der Waals surface area (Å²) in [5.74, 6) is 0.577. The summed E-state index contributed by atoms with van der Waals surface area (Å²) in [4.78, 5) is 32.8. The normalized spacial score (nSPS) is 28.0. The molecule has 1 unspecified atom stereocenters. The van der Waals surface area contributed by atoms with E-state index in [1.807, 2.05) is 23.1 Å². The summed E-state index contributed by atoms with van der Waals surface area (Å²) >= 11 is 0. The number of hydrogen-bond donors (Lipinski definition) is 0. The highest BCUT2D eigenvalue weighted by Crippen LogP contribution is 2.51. The zero-order valence-corrected chi connectivity index (χ0v) is 18.0. The lowest BCUT2D eigenvalue weighted by molar-refractivity contribution is -0.140. The van der Waals surface area contributed by atoms with Crippen LogP contribution in [0.2, 0.25) is 0 Å². The third kappa shape index (κ3) is 3.44. The molecule has 1 aromatic rings. The third-order valence-electron chi connectivity index (χ3n) is 7.95. The van der Waals surface area contributed by atoms with E-state index in [0.29, 0.717) is 32.2 Å². The van der Waals surface area contributed by atoms with Gasteiger partial charge in [0.05, 0.1) is 24.7 Å². The van der Waals surface area contributed by atoms with Gasteiger partial charge in [-0.05, 0) is 50.1 Å². The number of benzene rings is 1. The molecule has 4 fully saturated rings. The number of likely N-dealkylation sites (tertiary alicyclic amines) is 2. The SMILES string of the molecule is CN1CC2(CCN(C(=O)C3(c4ccccc4)CC3)CC2)CC1C(=O)N1CCOCC1. The van der Waals surface area contributed by atoms with Gasteiger partial charge in [-0.15, -0.1) is 0 Å². The molecule has 3 saturated heterocycles. The van der Waals surface area contributed by atoms with Gasteiger partial charge in [0.1, 0.15) is 0 Å².